The lowest BCUT2D eigenvalue weighted by Crippen LogP contribution is -2.25. The first-order valence-electron chi connectivity index (χ1n) is 14.4. The monoisotopic (exact) mass is 464 g/mol. The largest absolute Gasteiger partial charge is 0.372 e. The van der Waals surface area contributed by atoms with Crippen LogP contribution in [0.1, 0.15) is 105 Å². The smallest absolute Gasteiger partial charge is 0.0366 e. The molecule has 0 unspecified atom stereocenters. The van der Waals surface area contributed by atoms with E-state index in [0.717, 1.165) is 0 Å². The van der Waals surface area contributed by atoms with Gasteiger partial charge in [-0.15, -0.1) is 0 Å². The number of hydrogen-bond acceptors (Lipinski definition) is 2. The molecule has 0 amide bonds. The molecule has 0 aromatic heterocycles. The maximum Gasteiger partial charge on any atom is 0.0366 e. The van der Waals surface area contributed by atoms with Crippen molar-refractivity contribution >= 4 is 11.4 Å². The molecule has 2 rings (SSSR count). The van der Waals surface area contributed by atoms with Gasteiger partial charge >= 0.3 is 0 Å². The summed E-state index contributed by atoms with van der Waals surface area (Å²) in [4.78, 5) is 5.20. The van der Waals surface area contributed by atoms with Gasteiger partial charge < -0.3 is 9.80 Å². The molecule has 0 saturated heterocycles. The predicted molar refractivity (Wildman–Crippen MR) is 154 cm³/mol. The molecule has 0 aliphatic carbocycles. The van der Waals surface area contributed by atoms with E-state index in [-0.39, 0.29) is 0 Å². The number of benzene rings is 2. The molecule has 190 valence electrons. The first kappa shape index (κ1) is 28.3. The molecule has 2 heteroatoms. The molecule has 0 fully saturated rings. The lowest BCUT2D eigenvalue weighted by molar-refractivity contribution is 0.636. The van der Waals surface area contributed by atoms with E-state index in [2.05, 4.69) is 86.0 Å². The summed E-state index contributed by atoms with van der Waals surface area (Å²) in [6.07, 6.45) is 15.6. The Kier molecular flexibility index (Phi) is 14.5. The molecule has 0 heterocycles. The first-order valence-corrected chi connectivity index (χ1v) is 14.4. The molecule has 0 aliphatic rings. The van der Waals surface area contributed by atoms with E-state index in [0.29, 0.717) is 0 Å². The number of hydrogen-bond donors (Lipinski definition) is 0. The van der Waals surface area contributed by atoms with Crippen LogP contribution in [0.5, 0.6) is 0 Å². The number of anilines is 2. The Morgan fingerprint density at radius 2 is 0.647 bits per heavy atom. The van der Waals surface area contributed by atoms with Crippen LogP contribution in [-0.2, 0) is 0 Å². The van der Waals surface area contributed by atoms with Crippen LogP contribution in [-0.4, -0.2) is 26.2 Å². The van der Waals surface area contributed by atoms with Crippen molar-refractivity contribution < 1.29 is 0 Å². The maximum atomic E-state index is 2.60. The highest BCUT2D eigenvalue weighted by atomic mass is 15.1. The molecule has 0 N–H and O–H groups in total. The van der Waals surface area contributed by atoms with Gasteiger partial charge in [0.15, 0.2) is 0 Å². The van der Waals surface area contributed by atoms with Crippen LogP contribution in [0.4, 0.5) is 11.4 Å². The molecule has 2 nitrogen and oxygen atoms in total. The lowest BCUT2D eigenvalue weighted by atomic mass is 10.0. The summed E-state index contributed by atoms with van der Waals surface area (Å²) < 4.78 is 0. The van der Waals surface area contributed by atoms with Crippen LogP contribution in [0.25, 0.3) is 11.1 Å². The zero-order valence-electron chi connectivity index (χ0n) is 22.8. The minimum Gasteiger partial charge on any atom is -0.372 e. The molecule has 0 spiro atoms. The molecule has 0 aliphatic heterocycles. The Balaban J connectivity index is 2.06. The minimum absolute atomic E-state index is 1.18. The van der Waals surface area contributed by atoms with Crippen LogP contribution in [0.3, 0.4) is 0 Å². The SMILES string of the molecule is CCCCCN(CCCCC)c1ccc(-c2ccc(N(CCCCC)CCCCC)cc2)cc1. The van der Waals surface area contributed by atoms with Gasteiger partial charge in [0.1, 0.15) is 0 Å². The van der Waals surface area contributed by atoms with E-state index >= 15 is 0 Å². The van der Waals surface area contributed by atoms with Crippen molar-refractivity contribution in [3.8, 4) is 11.1 Å². The standard InChI is InChI=1S/C32H52N2/c1-5-9-13-25-33(26-14-10-6-2)31-21-17-29(18-22-31)30-19-23-32(24-20-30)34(27-15-11-7-3)28-16-12-8-4/h17-24H,5-16,25-28H2,1-4H3. The van der Waals surface area contributed by atoms with Crippen LogP contribution in [0.2, 0.25) is 0 Å². The molecule has 0 bridgehead atoms. The number of nitrogens with zero attached hydrogens (tertiary/aromatic N) is 2. The average molecular weight is 465 g/mol. The van der Waals surface area contributed by atoms with Gasteiger partial charge in [-0.3, -0.25) is 0 Å². The summed E-state index contributed by atoms with van der Waals surface area (Å²) in [6.45, 7) is 13.9. The summed E-state index contributed by atoms with van der Waals surface area (Å²) in [5.41, 5.74) is 5.40. The highest BCUT2D eigenvalue weighted by Gasteiger charge is 2.09. The van der Waals surface area contributed by atoms with E-state index in [1.807, 2.05) is 0 Å². The normalized spacial score (nSPS) is 11.1. The third-order valence-electron chi connectivity index (χ3n) is 6.92. The Bertz CT molecular complexity index is 649. The van der Waals surface area contributed by atoms with Crippen molar-refractivity contribution in [1.29, 1.82) is 0 Å². The van der Waals surface area contributed by atoms with Gasteiger partial charge in [0.25, 0.3) is 0 Å². The topological polar surface area (TPSA) is 6.48 Å². The lowest BCUT2D eigenvalue weighted by Gasteiger charge is -2.26. The molecular weight excluding hydrogens is 412 g/mol. The third kappa shape index (κ3) is 10.1. The van der Waals surface area contributed by atoms with Crippen molar-refractivity contribution in [1.82, 2.24) is 0 Å². The summed E-state index contributed by atoms with van der Waals surface area (Å²) in [5, 5.41) is 0. The van der Waals surface area contributed by atoms with Crippen LogP contribution < -0.4 is 9.80 Å². The summed E-state index contributed by atoms with van der Waals surface area (Å²) in [5.74, 6) is 0. The van der Waals surface area contributed by atoms with E-state index in [9.17, 15) is 0 Å². The summed E-state index contributed by atoms with van der Waals surface area (Å²) >= 11 is 0. The van der Waals surface area contributed by atoms with Crippen molar-refractivity contribution in [2.45, 2.75) is 105 Å². The van der Waals surface area contributed by atoms with E-state index in [1.165, 1.54) is 126 Å². The second-order valence-corrected chi connectivity index (χ2v) is 9.90. The average Bonchev–Trinajstić information content (AvgIpc) is 2.87. The van der Waals surface area contributed by atoms with Gasteiger partial charge in [-0.25, -0.2) is 0 Å². The second kappa shape index (κ2) is 17.5. The zero-order chi connectivity index (χ0) is 24.4. The minimum atomic E-state index is 1.18. The molecule has 0 atom stereocenters. The van der Waals surface area contributed by atoms with E-state index in [1.54, 1.807) is 0 Å². The fourth-order valence-electron chi connectivity index (χ4n) is 4.68. The fourth-order valence-corrected chi connectivity index (χ4v) is 4.68. The molecule has 0 radical (unpaired) electrons. The van der Waals surface area contributed by atoms with E-state index < -0.39 is 0 Å². The van der Waals surface area contributed by atoms with Crippen LogP contribution in [0, 0.1) is 0 Å². The van der Waals surface area contributed by atoms with Crippen molar-refractivity contribution in [3.05, 3.63) is 48.5 Å². The fraction of sp³-hybridized carbons (Fsp3) is 0.625. The first-order chi connectivity index (χ1) is 16.7. The Labute approximate surface area is 211 Å². The Hall–Kier alpha value is -1.96. The van der Waals surface area contributed by atoms with Crippen molar-refractivity contribution in [3.63, 3.8) is 0 Å². The second-order valence-electron chi connectivity index (χ2n) is 9.90. The molecular formula is C32H52N2. The van der Waals surface area contributed by atoms with Gasteiger partial charge in [-0.2, -0.15) is 0 Å². The van der Waals surface area contributed by atoms with Crippen molar-refractivity contribution in [2.24, 2.45) is 0 Å². The third-order valence-corrected chi connectivity index (χ3v) is 6.92. The van der Waals surface area contributed by atoms with E-state index in [4.69, 9.17) is 0 Å². The predicted octanol–water partition coefficient (Wildman–Crippen LogP) is 9.73. The number of unbranched alkanes of at least 4 members (excludes halogenated alkanes) is 8. The Morgan fingerprint density at radius 1 is 0.382 bits per heavy atom. The van der Waals surface area contributed by atoms with Crippen LogP contribution in [0.15, 0.2) is 48.5 Å². The highest BCUT2D eigenvalue weighted by molar-refractivity contribution is 5.68. The molecule has 2 aromatic carbocycles. The zero-order valence-corrected chi connectivity index (χ0v) is 22.8. The quantitative estimate of drug-likeness (QED) is 0.191. The summed E-state index contributed by atoms with van der Waals surface area (Å²) in [6, 6.07) is 18.6. The van der Waals surface area contributed by atoms with Gasteiger partial charge in [-0.1, -0.05) is 103 Å². The molecule has 34 heavy (non-hydrogen) atoms. The summed E-state index contributed by atoms with van der Waals surface area (Å²) in [7, 11) is 0. The molecule has 0 saturated carbocycles. The Morgan fingerprint density at radius 3 is 0.882 bits per heavy atom. The van der Waals surface area contributed by atoms with Gasteiger partial charge in [0, 0.05) is 37.6 Å². The van der Waals surface area contributed by atoms with Crippen molar-refractivity contribution in [2.75, 3.05) is 36.0 Å². The van der Waals surface area contributed by atoms with Crippen LogP contribution >= 0.6 is 0 Å². The van der Waals surface area contributed by atoms with Gasteiger partial charge in [0.05, 0.1) is 0 Å². The highest BCUT2D eigenvalue weighted by Crippen LogP contribution is 2.27. The van der Waals surface area contributed by atoms with Gasteiger partial charge in [0.2, 0.25) is 0 Å². The maximum absolute atomic E-state index is 2.60. The van der Waals surface area contributed by atoms with Gasteiger partial charge in [-0.05, 0) is 61.1 Å². The molecule has 2 aromatic rings. The number of rotatable bonds is 19.